The number of nitrogens with one attached hydrogen (secondary N) is 1. The molecule has 1 aromatic rings. The van der Waals surface area contributed by atoms with Crippen LogP contribution in [0, 0.1) is 5.82 Å². The largest absolute Gasteiger partial charge is 0.309 e. The predicted octanol–water partition coefficient (Wildman–Crippen LogP) is 2.94. The fraction of sp³-hybridized carbons (Fsp3) is 0.455. The molecule has 0 aliphatic rings. The molecule has 1 aromatic carbocycles. The molecular weight excluding hydrogens is 345 g/mol. The molecule has 3 nitrogen and oxygen atoms in total. The van der Waals surface area contributed by atoms with Crippen LogP contribution in [0.4, 0.5) is 4.39 Å². The predicted molar refractivity (Wildman–Crippen MR) is 75.2 cm³/mol. The smallest absolute Gasteiger partial charge is 0.149 e. The molecule has 0 saturated heterocycles. The fourth-order valence-corrected chi connectivity index (χ4v) is 3.00. The van der Waals surface area contributed by atoms with Gasteiger partial charge in [0.25, 0.3) is 0 Å². The Kier molecular flexibility index (Phi) is 5.58. The Morgan fingerprint density at radius 2 is 2.11 bits per heavy atom. The van der Waals surface area contributed by atoms with Gasteiger partial charge in [-0.2, -0.15) is 0 Å². The van der Waals surface area contributed by atoms with E-state index in [9.17, 15) is 12.8 Å². The average molecular weight is 359 g/mol. The summed E-state index contributed by atoms with van der Waals surface area (Å²) in [5, 5.41) is 3.30. The molecule has 0 amide bonds. The minimum atomic E-state index is -3.22. The number of rotatable bonds is 5. The van der Waals surface area contributed by atoms with Gasteiger partial charge in [-0.15, -0.1) is 0 Å². The Morgan fingerprint density at radius 3 is 2.61 bits per heavy atom. The fourth-order valence-electron chi connectivity index (χ4n) is 1.61. The number of hydrogen-bond donors (Lipinski definition) is 1. The van der Waals surface area contributed by atoms with Crippen LogP contribution >= 0.6 is 27.5 Å². The van der Waals surface area contributed by atoms with Gasteiger partial charge in [0, 0.05) is 22.3 Å². The van der Waals surface area contributed by atoms with Crippen molar-refractivity contribution >= 4 is 37.4 Å². The van der Waals surface area contributed by atoms with Crippen LogP contribution in [0.3, 0.4) is 0 Å². The lowest BCUT2D eigenvalue weighted by Crippen LogP contribution is -2.28. The van der Waals surface area contributed by atoms with E-state index in [2.05, 4.69) is 21.2 Å². The molecule has 0 saturated carbocycles. The first kappa shape index (κ1) is 15.9. The zero-order valence-electron chi connectivity index (χ0n) is 10.0. The van der Waals surface area contributed by atoms with Crippen LogP contribution in [0.1, 0.15) is 18.5 Å². The highest BCUT2D eigenvalue weighted by molar-refractivity contribution is 9.10. The highest BCUT2D eigenvalue weighted by Crippen LogP contribution is 2.29. The van der Waals surface area contributed by atoms with E-state index in [0.717, 1.165) is 6.26 Å². The van der Waals surface area contributed by atoms with E-state index in [4.69, 9.17) is 11.6 Å². The monoisotopic (exact) mass is 357 g/mol. The van der Waals surface area contributed by atoms with E-state index < -0.39 is 21.7 Å². The lowest BCUT2D eigenvalue weighted by atomic mass is 10.1. The molecular formula is C11H14BrClFNO2S. The first-order chi connectivity index (χ1) is 8.24. The number of benzene rings is 1. The van der Waals surface area contributed by atoms with Crippen LogP contribution in [0.15, 0.2) is 16.6 Å². The van der Waals surface area contributed by atoms with Crippen LogP contribution < -0.4 is 5.32 Å². The van der Waals surface area contributed by atoms with Gasteiger partial charge in [0.2, 0.25) is 0 Å². The molecule has 0 aromatic heterocycles. The highest BCUT2D eigenvalue weighted by atomic mass is 79.9. The van der Waals surface area contributed by atoms with Gasteiger partial charge in [0.1, 0.15) is 15.7 Å². The molecule has 1 unspecified atom stereocenters. The molecule has 102 valence electrons. The molecule has 0 bridgehead atoms. The zero-order valence-corrected chi connectivity index (χ0v) is 13.2. The average Bonchev–Trinajstić information content (AvgIpc) is 2.21. The number of sulfone groups is 1. The molecule has 7 heteroatoms. The normalized spacial score (nSPS) is 13.6. The molecule has 0 spiro atoms. The maximum Gasteiger partial charge on any atom is 0.149 e. The summed E-state index contributed by atoms with van der Waals surface area (Å²) in [7, 11) is -3.22. The second-order valence-corrected chi connectivity index (χ2v) is 7.44. The molecule has 0 heterocycles. The van der Waals surface area contributed by atoms with Crippen molar-refractivity contribution in [3.8, 4) is 0 Å². The van der Waals surface area contributed by atoms with Gasteiger partial charge in [-0.05, 0) is 34.6 Å². The minimum absolute atomic E-state index is 0.171. The van der Waals surface area contributed by atoms with Crippen molar-refractivity contribution in [2.45, 2.75) is 13.0 Å². The molecule has 0 aliphatic carbocycles. The van der Waals surface area contributed by atoms with Crippen molar-refractivity contribution in [2.24, 2.45) is 0 Å². The van der Waals surface area contributed by atoms with Gasteiger partial charge in [-0.25, -0.2) is 12.8 Å². The molecule has 0 fully saturated rings. The van der Waals surface area contributed by atoms with Crippen LogP contribution in [-0.2, 0) is 9.84 Å². The first-order valence-electron chi connectivity index (χ1n) is 5.30. The molecule has 0 radical (unpaired) electrons. The lowest BCUT2D eigenvalue weighted by Gasteiger charge is -2.18. The van der Waals surface area contributed by atoms with Crippen molar-refractivity contribution in [2.75, 3.05) is 18.6 Å². The van der Waals surface area contributed by atoms with E-state index in [-0.39, 0.29) is 11.3 Å². The third kappa shape index (κ3) is 4.50. The van der Waals surface area contributed by atoms with Gasteiger partial charge < -0.3 is 5.32 Å². The van der Waals surface area contributed by atoms with Crippen molar-refractivity contribution in [1.29, 1.82) is 0 Å². The lowest BCUT2D eigenvalue weighted by molar-refractivity contribution is 0.531. The topological polar surface area (TPSA) is 46.2 Å². The summed E-state index contributed by atoms with van der Waals surface area (Å²) >= 11 is 9.03. The summed E-state index contributed by atoms with van der Waals surface area (Å²) in [4.78, 5) is 0. The standard InChI is InChI=1S/C11H14BrClFNO2S/c1-3-15-11(6-18(2,16)17)7-4-9(13)8(12)5-10(7)14/h4-5,11,15H,3,6H2,1-2H3. The summed E-state index contributed by atoms with van der Waals surface area (Å²) in [5.41, 5.74) is 0.260. The molecule has 1 atom stereocenters. The van der Waals surface area contributed by atoms with E-state index in [1.54, 1.807) is 0 Å². The van der Waals surface area contributed by atoms with Crippen molar-refractivity contribution < 1.29 is 12.8 Å². The van der Waals surface area contributed by atoms with Crippen LogP contribution in [-0.4, -0.2) is 27.0 Å². The quantitative estimate of drug-likeness (QED) is 0.823. The highest BCUT2D eigenvalue weighted by Gasteiger charge is 2.21. The SMILES string of the molecule is CCNC(CS(C)(=O)=O)c1cc(Cl)c(Br)cc1F. The van der Waals surface area contributed by atoms with E-state index in [1.807, 2.05) is 6.92 Å². The molecule has 18 heavy (non-hydrogen) atoms. The van der Waals surface area contributed by atoms with Gasteiger partial charge >= 0.3 is 0 Å². The minimum Gasteiger partial charge on any atom is -0.309 e. The van der Waals surface area contributed by atoms with Crippen molar-refractivity contribution in [3.05, 3.63) is 33.0 Å². The maximum atomic E-state index is 13.9. The second kappa shape index (κ2) is 6.32. The Labute approximate surface area is 120 Å². The maximum absolute atomic E-state index is 13.9. The number of hydrogen-bond acceptors (Lipinski definition) is 3. The summed E-state index contributed by atoms with van der Waals surface area (Å²) in [6, 6.07) is 2.08. The summed E-state index contributed by atoms with van der Waals surface area (Å²) in [6.07, 6.45) is 1.12. The Bertz CT molecular complexity index is 536. The van der Waals surface area contributed by atoms with E-state index in [0.29, 0.717) is 16.0 Å². The summed E-state index contributed by atoms with van der Waals surface area (Å²) in [6.45, 7) is 2.36. The van der Waals surface area contributed by atoms with Gasteiger partial charge in [-0.1, -0.05) is 18.5 Å². The summed E-state index contributed by atoms with van der Waals surface area (Å²) < 4.78 is 37.0. The second-order valence-electron chi connectivity index (χ2n) is 3.99. The van der Waals surface area contributed by atoms with E-state index in [1.165, 1.54) is 12.1 Å². The van der Waals surface area contributed by atoms with Crippen molar-refractivity contribution in [1.82, 2.24) is 5.32 Å². The van der Waals surface area contributed by atoms with Crippen LogP contribution in [0.25, 0.3) is 0 Å². The third-order valence-electron chi connectivity index (χ3n) is 2.33. The van der Waals surface area contributed by atoms with Crippen molar-refractivity contribution in [3.63, 3.8) is 0 Å². The molecule has 1 N–H and O–H groups in total. The van der Waals surface area contributed by atoms with Gasteiger partial charge in [0.15, 0.2) is 0 Å². The Hall–Kier alpha value is -0.170. The molecule has 1 rings (SSSR count). The summed E-state index contributed by atoms with van der Waals surface area (Å²) in [5.74, 6) is -0.656. The van der Waals surface area contributed by atoms with Gasteiger partial charge in [-0.3, -0.25) is 0 Å². The molecule has 0 aliphatic heterocycles. The Balaban J connectivity index is 3.17. The zero-order chi connectivity index (χ0) is 13.9. The first-order valence-corrected chi connectivity index (χ1v) is 8.53. The van der Waals surface area contributed by atoms with Crippen LogP contribution in [0.2, 0.25) is 5.02 Å². The Morgan fingerprint density at radius 1 is 1.50 bits per heavy atom. The van der Waals surface area contributed by atoms with Gasteiger partial charge in [0.05, 0.1) is 10.8 Å². The van der Waals surface area contributed by atoms with Crippen LogP contribution in [0.5, 0.6) is 0 Å². The van der Waals surface area contributed by atoms with E-state index >= 15 is 0 Å². The number of halogens is 3. The third-order valence-corrected chi connectivity index (χ3v) is 4.47.